The van der Waals surface area contributed by atoms with Crippen molar-refractivity contribution in [3.05, 3.63) is 72.2 Å². The summed E-state index contributed by atoms with van der Waals surface area (Å²) in [5.74, 6) is 0.919. The first-order valence-electron chi connectivity index (χ1n) is 6.77. The summed E-state index contributed by atoms with van der Waals surface area (Å²) in [6.45, 7) is -0.141. The van der Waals surface area contributed by atoms with E-state index in [0.717, 1.165) is 5.56 Å². The number of nitrogens with zero attached hydrogens (tertiary/aromatic N) is 1. The summed E-state index contributed by atoms with van der Waals surface area (Å²) in [4.78, 5) is 16.0. The maximum Gasteiger partial charge on any atom is 0.257 e. The largest absolute Gasteiger partial charge is 0.459 e. The molecule has 2 aromatic heterocycles. The number of aliphatic hydroxyl groups is 1. The van der Waals surface area contributed by atoms with Crippen LogP contribution in [0.25, 0.3) is 11.3 Å². The van der Waals surface area contributed by atoms with Gasteiger partial charge >= 0.3 is 0 Å². The molecule has 1 aromatic carbocycles. The van der Waals surface area contributed by atoms with Crippen LogP contribution in [0.4, 0.5) is 5.69 Å². The van der Waals surface area contributed by atoms with Gasteiger partial charge < -0.3 is 14.8 Å². The summed E-state index contributed by atoms with van der Waals surface area (Å²) < 4.78 is 5.49. The highest BCUT2D eigenvalue weighted by Gasteiger charge is 2.08. The smallest absolute Gasteiger partial charge is 0.257 e. The Morgan fingerprint density at radius 2 is 2.09 bits per heavy atom. The van der Waals surface area contributed by atoms with Gasteiger partial charge in [-0.1, -0.05) is 12.1 Å². The van der Waals surface area contributed by atoms with E-state index < -0.39 is 0 Å². The summed E-state index contributed by atoms with van der Waals surface area (Å²) in [5, 5.41) is 11.9. The molecule has 5 heteroatoms. The maximum atomic E-state index is 12.1. The highest BCUT2D eigenvalue weighted by Crippen LogP contribution is 2.25. The van der Waals surface area contributed by atoms with Crippen LogP contribution in [0.15, 0.2) is 65.3 Å². The Labute approximate surface area is 127 Å². The number of aromatic nitrogens is 1. The molecular formula is C17H14N2O3. The van der Waals surface area contributed by atoms with Crippen molar-refractivity contribution in [2.75, 3.05) is 5.32 Å². The molecular weight excluding hydrogens is 280 g/mol. The molecule has 0 aliphatic carbocycles. The van der Waals surface area contributed by atoms with E-state index in [-0.39, 0.29) is 12.5 Å². The third kappa shape index (κ3) is 3.05. The van der Waals surface area contributed by atoms with E-state index in [1.807, 2.05) is 18.2 Å². The lowest BCUT2D eigenvalue weighted by molar-refractivity contribution is 0.102. The lowest BCUT2D eigenvalue weighted by atomic mass is 10.1. The minimum absolute atomic E-state index is 0.141. The van der Waals surface area contributed by atoms with Gasteiger partial charge in [0.1, 0.15) is 18.1 Å². The first-order chi connectivity index (χ1) is 10.8. The minimum atomic E-state index is -0.222. The molecule has 0 unspecified atom stereocenters. The number of pyridine rings is 1. The molecule has 0 fully saturated rings. The van der Waals surface area contributed by atoms with Crippen LogP contribution < -0.4 is 5.32 Å². The summed E-state index contributed by atoms with van der Waals surface area (Å²) in [7, 11) is 0. The van der Waals surface area contributed by atoms with Gasteiger partial charge in [-0.15, -0.1) is 0 Å². The number of benzene rings is 1. The summed E-state index contributed by atoms with van der Waals surface area (Å²) in [5.41, 5.74) is 1.98. The highest BCUT2D eigenvalue weighted by molar-refractivity contribution is 6.04. The standard InChI is InChI=1S/C17H14N2O3/c20-11-15-6-7-16(22-15)12-3-1-5-14(9-12)19-17(21)13-4-2-8-18-10-13/h1-10,20H,11H2,(H,19,21). The molecule has 0 saturated heterocycles. The van der Waals surface area contributed by atoms with E-state index in [2.05, 4.69) is 10.3 Å². The molecule has 0 saturated carbocycles. The molecule has 2 heterocycles. The third-order valence-corrected chi connectivity index (χ3v) is 3.15. The Morgan fingerprint density at radius 1 is 1.18 bits per heavy atom. The average Bonchev–Trinajstić information content (AvgIpc) is 3.05. The number of rotatable bonds is 4. The quantitative estimate of drug-likeness (QED) is 0.775. The zero-order valence-corrected chi connectivity index (χ0v) is 11.7. The lowest BCUT2D eigenvalue weighted by Crippen LogP contribution is -2.11. The van der Waals surface area contributed by atoms with Crippen LogP contribution in [0.3, 0.4) is 0 Å². The number of carbonyl (C=O) groups is 1. The van der Waals surface area contributed by atoms with E-state index >= 15 is 0 Å². The molecule has 0 atom stereocenters. The number of hydrogen-bond donors (Lipinski definition) is 2. The van der Waals surface area contributed by atoms with Gasteiger partial charge in [-0.3, -0.25) is 9.78 Å². The number of aliphatic hydroxyl groups excluding tert-OH is 1. The fourth-order valence-corrected chi connectivity index (χ4v) is 2.07. The van der Waals surface area contributed by atoms with Crippen LogP contribution in [0.5, 0.6) is 0 Å². The van der Waals surface area contributed by atoms with E-state index in [1.165, 1.54) is 6.20 Å². The topological polar surface area (TPSA) is 75.4 Å². The second-order valence-corrected chi connectivity index (χ2v) is 4.70. The van der Waals surface area contributed by atoms with Crippen molar-refractivity contribution in [1.29, 1.82) is 0 Å². The summed E-state index contributed by atoms with van der Waals surface area (Å²) in [6, 6.07) is 14.2. The summed E-state index contributed by atoms with van der Waals surface area (Å²) in [6.07, 6.45) is 3.13. The van der Waals surface area contributed by atoms with Crippen LogP contribution >= 0.6 is 0 Å². The molecule has 5 nitrogen and oxygen atoms in total. The Balaban J connectivity index is 1.81. The number of hydrogen-bond acceptors (Lipinski definition) is 4. The highest BCUT2D eigenvalue weighted by atomic mass is 16.4. The normalized spacial score (nSPS) is 10.4. The Bertz CT molecular complexity index is 781. The summed E-state index contributed by atoms with van der Waals surface area (Å²) >= 11 is 0. The second kappa shape index (κ2) is 6.24. The molecule has 0 aliphatic rings. The van der Waals surface area contributed by atoms with Gasteiger partial charge in [0, 0.05) is 23.6 Å². The van der Waals surface area contributed by atoms with Gasteiger partial charge in [-0.2, -0.15) is 0 Å². The van der Waals surface area contributed by atoms with Crippen LogP contribution in [0.2, 0.25) is 0 Å². The molecule has 2 N–H and O–H groups in total. The number of anilines is 1. The average molecular weight is 294 g/mol. The van der Waals surface area contributed by atoms with Gasteiger partial charge in [0.25, 0.3) is 5.91 Å². The van der Waals surface area contributed by atoms with Crippen molar-refractivity contribution >= 4 is 11.6 Å². The number of furan rings is 1. The first kappa shape index (κ1) is 14.0. The molecule has 0 spiro atoms. The predicted octanol–water partition coefficient (Wildman–Crippen LogP) is 3.09. The number of amides is 1. The molecule has 22 heavy (non-hydrogen) atoms. The Hall–Kier alpha value is -2.92. The van der Waals surface area contributed by atoms with Crippen LogP contribution in [0.1, 0.15) is 16.1 Å². The van der Waals surface area contributed by atoms with Crippen LogP contribution in [0, 0.1) is 0 Å². The Kier molecular flexibility index (Phi) is 3.98. The SMILES string of the molecule is O=C(Nc1cccc(-c2ccc(CO)o2)c1)c1cccnc1. The molecule has 0 aliphatic heterocycles. The Morgan fingerprint density at radius 3 is 2.82 bits per heavy atom. The van der Waals surface area contributed by atoms with Crippen molar-refractivity contribution in [1.82, 2.24) is 4.98 Å². The van der Waals surface area contributed by atoms with E-state index in [4.69, 9.17) is 9.52 Å². The number of nitrogens with one attached hydrogen (secondary N) is 1. The third-order valence-electron chi connectivity index (χ3n) is 3.15. The second-order valence-electron chi connectivity index (χ2n) is 4.70. The van der Waals surface area contributed by atoms with Gasteiger partial charge in [-0.05, 0) is 36.4 Å². The molecule has 3 aromatic rings. The minimum Gasteiger partial charge on any atom is -0.459 e. The van der Waals surface area contributed by atoms with E-state index in [9.17, 15) is 4.79 Å². The molecule has 0 radical (unpaired) electrons. The zero-order chi connectivity index (χ0) is 15.4. The first-order valence-corrected chi connectivity index (χ1v) is 6.77. The molecule has 0 bridgehead atoms. The van der Waals surface area contributed by atoms with E-state index in [0.29, 0.717) is 22.8 Å². The molecule has 3 rings (SSSR count). The van der Waals surface area contributed by atoms with Crippen molar-refractivity contribution in [2.45, 2.75) is 6.61 Å². The van der Waals surface area contributed by atoms with Gasteiger partial charge in [-0.25, -0.2) is 0 Å². The van der Waals surface area contributed by atoms with Gasteiger partial charge in [0.15, 0.2) is 0 Å². The zero-order valence-electron chi connectivity index (χ0n) is 11.7. The van der Waals surface area contributed by atoms with Crippen molar-refractivity contribution in [2.24, 2.45) is 0 Å². The monoisotopic (exact) mass is 294 g/mol. The fraction of sp³-hybridized carbons (Fsp3) is 0.0588. The van der Waals surface area contributed by atoms with Crippen LogP contribution in [-0.2, 0) is 6.61 Å². The van der Waals surface area contributed by atoms with Crippen molar-refractivity contribution < 1.29 is 14.3 Å². The maximum absolute atomic E-state index is 12.1. The molecule has 1 amide bonds. The van der Waals surface area contributed by atoms with Gasteiger partial charge in [0.2, 0.25) is 0 Å². The molecule has 110 valence electrons. The van der Waals surface area contributed by atoms with E-state index in [1.54, 1.807) is 36.5 Å². The van der Waals surface area contributed by atoms with Crippen LogP contribution in [-0.4, -0.2) is 16.0 Å². The van der Waals surface area contributed by atoms with Crippen molar-refractivity contribution in [3.8, 4) is 11.3 Å². The predicted molar refractivity (Wildman–Crippen MR) is 82.3 cm³/mol. The fourth-order valence-electron chi connectivity index (χ4n) is 2.07. The van der Waals surface area contributed by atoms with Gasteiger partial charge in [0.05, 0.1) is 5.56 Å². The lowest BCUT2D eigenvalue weighted by Gasteiger charge is -2.06. The van der Waals surface area contributed by atoms with Crippen molar-refractivity contribution in [3.63, 3.8) is 0 Å². The number of carbonyl (C=O) groups excluding carboxylic acids is 1.